The highest BCUT2D eigenvalue weighted by molar-refractivity contribution is 6.74. The first-order valence-corrected chi connectivity index (χ1v) is 21.0. The van der Waals surface area contributed by atoms with Crippen LogP contribution in [0.1, 0.15) is 79.7 Å². The van der Waals surface area contributed by atoms with Crippen molar-refractivity contribution in [3.05, 3.63) is 84.0 Å². The van der Waals surface area contributed by atoms with E-state index in [1.165, 1.54) is 32.4 Å². The lowest BCUT2D eigenvalue weighted by Crippen LogP contribution is -2.63. The molecule has 0 unspecified atom stereocenters. The molecule has 0 aromatic heterocycles. The molecule has 2 rings (SSSR count). The fourth-order valence-electron chi connectivity index (χ4n) is 5.68. The van der Waals surface area contributed by atoms with Crippen LogP contribution in [0.4, 0.5) is 0 Å². The molecular weight excluding hydrogens is 681 g/mol. The summed E-state index contributed by atoms with van der Waals surface area (Å²) in [5.41, 5.74) is 0.413. The number of esters is 2. The molecule has 1 fully saturated rings. The quantitative estimate of drug-likeness (QED) is 0.0246. The van der Waals surface area contributed by atoms with Crippen molar-refractivity contribution in [3.8, 4) is 0 Å². The fraction of sp³-hybridized carbons (Fsp3) is 0.585. The predicted molar refractivity (Wildman–Crippen MR) is 205 cm³/mol. The third-order valence-corrected chi connectivity index (χ3v) is 14.3. The molecule has 1 aliphatic rings. The van der Waals surface area contributed by atoms with Gasteiger partial charge in [0.15, 0.2) is 14.4 Å². The van der Waals surface area contributed by atoms with E-state index < -0.39 is 55.9 Å². The van der Waals surface area contributed by atoms with Gasteiger partial charge in [0.2, 0.25) is 5.79 Å². The predicted octanol–water partition coefficient (Wildman–Crippen LogP) is 8.18. The first-order valence-electron chi connectivity index (χ1n) is 18.1. The van der Waals surface area contributed by atoms with Gasteiger partial charge in [-0.1, -0.05) is 103 Å². The summed E-state index contributed by atoms with van der Waals surface area (Å²) in [6.45, 7) is 19.0. The number of hydrogen-bond acceptors (Lipinski definition) is 10. The van der Waals surface area contributed by atoms with E-state index in [4.69, 9.17) is 32.8 Å². The van der Waals surface area contributed by atoms with Crippen LogP contribution in [0.25, 0.3) is 0 Å². The van der Waals surface area contributed by atoms with E-state index in [0.29, 0.717) is 24.9 Å². The van der Waals surface area contributed by atoms with Crippen molar-refractivity contribution < 1.29 is 47.2 Å². The molecule has 5 atom stereocenters. The van der Waals surface area contributed by atoms with Crippen LogP contribution < -0.4 is 0 Å². The van der Waals surface area contributed by atoms with Gasteiger partial charge in [-0.05, 0) is 55.1 Å². The molecule has 11 heteroatoms. The first kappa shape index (κ1) is 45.0. The highest BCUT2D eigenvalue weighted by Gasteiger charge is 2.59. The summed E-state index contributed by atoms with van der Waals surface area (Å²) in [5.74, 6) is -2.96. The minimum atomic E-state index is -2.35. The lowest BCUT2D eigenvalue weighted by atomic mass is 9.74. The Bertz CT molecular complexity index is 1390. The van der Waals surface area contributed by atoms with Gasteiger partial charge in [-0.2, -0.15) is 0 Å². The second-order valence-corrected chi connectivity index (χ2v) is 19.9. The molecule has 0 saturated carbocycles. The summed E-state index contributed by atoms with van der Waals surface area (Å²) in [4.78, 5) is 37.7. The van der Waals surface area contributed by atoms with Crippen LogP contribution in [0.3, 0.4) is 0 Å². The lowest BCUT2D eigenvalue weighted by Gasteiger charge is -2.53. The van der Waals surface area contributed by atoms with Crippen LogP contribution in [-0.4, -0.2) is 77.8 Å². The minimum absolute atomic E-state index is 0.0527. The van der Waals surface area contributed by atoms with Gasteiger partial charge in [-0.3, -0.25) is 4.79 Å². The first-order chi connectivity index (χ1) is 24.5. The Balaban J connectivity index is 2.57. The Labute approximate surface area is 312 Å². The van der Waals surface area contributed by atoms with Crippen molar-refractivity contribution in [1.82, 2.24) is 0 Å². The molecule has 0 aliphatic carbocycles. The van der Waals surface area contributed by atoms with Crippen LogP contribution in [-0.2, 0) is 53.8 Å². The highest BCUT2D eigenvalue weighted by atomic mass is 28.4. The summed E-state index contributed by atoms with van der Waals surface area (Å²) >= 11 is 0. The molecule has 52 heavy (non-hydrogen) atoms. The summed E-state index contributed by atoms with van der Waals surface area (Å²) in [7, 11) is 0.391. The smallest absolute Gasteiger partial charge is 0.331 e. The van der Waals surface area contributed by atoms with E-state index in [2.05, 4.69) is 40.8 Å². The number of allylic oxidation sites excluding steroid dienone is 4. The van der Waals surface area contributed by atoms with Gasteiger partial charge in [-0.25, -0.2) is 9.59 Å². The van der Waals surface area contributed by atoms with E-state index in [9.17, 15) is 14.4 Å². The zero-order valence-corrected chi connectivity index (χ0v) is 34.1. The van der Waals surface area contributed by atoms with Crippen LogP contribution in [0.2, 0.25) is 18.1 Å². The van der Waals surface area contributed by atoms with E-state index >= 15 is 0 Å². The normalized spacial score (nSPS) is 22.2. The molecule has 1 aromatic carbocycles. The second-order valence-electron chi connectivity index (χ2n) is 15.1. The largest absolute Gasteiger partial charge is 0.466 e. The van der Waals surface area contributed by atoms with Crippen LogP contribution in [0, 0.1) is 5.41 Å². The standard InChI is InChI=1S/C41H62O10Si/c1-12-13-14-15-19-23-36(43)49-38-33(27-37(44)45-8)26-34(50-41(38,46-9)40(6,7)24-20-25-42)28-35(51-52(10,11)39(3,4)5)31(2)48-30-47-29-32-21-17-16-18-22-32/h14-25,27,31,34-35,38H,12-13,26,28-30H2,1-11H3/b15-14+,23-19+,24-20+,33-27+/t31-,34+,35-,38+,41-/m1/s1. The average molecular weight is 743 g/mol. The van der Waals surface area contributed by atoms with Gasteiger partial charge in [0.05, 0.1) is 32.0 Å². The number of aldehydes is 1. The van der Waals surface area contributed by atoms with Crippen molar-refractivity contribution in [1.29, 1.82) is 0 Å². The van der Waals surface area contributed by atoms with Gasteiger partial charge in [0.25, 0.3) is 0 Å². The van der Waals surface area contributed by atoms with Crippen molar-refractivity contribution in [2.45, 2.75) is 129 Å². The molecule has 0 bridgehead atoms. The number of carbonyl (C=O) groups is 3. The molecule has 1 aliphatic heterocycles. The van der Waals surface area contributed by atoms with Crippen LogP contribution in [0.15, 0.2) is 78.4 Å². The zero-order valence-electron chi connectivity index (χ0n) is 33.1. The van der Waals surface area contributed by atoms with Crippen molar-refractivity contribution >= 4 is 26.5 Å². The molecule has 1 heterocycles. The molecule has 0 N–H and O–H groups in total. The summed E-state index contributed by atoms with van der Waals surface area (Å²) in [5, 5.41) is -0.103. The minimum Gasteiger partial charge on any atom is -0.466 e. The number of rotatable bonds is 20. The van der Waals surface area contributed by atoms with Gasteiger partial charge in [0.1, 0.15) is 13.1 Å². The molecule has 1 aromatic rings. The lowest BCUT2D eigenvalue weighted by molar-refractivity contribution is -0.338. The highest BCUT2D eigenvalue weighted by Crippen LogP contribution is 2.49. The molecule has 290 valence electrons. The van der Waals surface area contributed by atoms with E-state index in [1.54, 1.807) is 18.2 Å². The summed E-state index contributed by atoms with van der Waals surface area (Å²) < 4.78 is 43.4. The molecule has 0 spiro atoms. The Kier molecular flexibility index (Phi) is 18.1. The Morgan fingerprint density at radius 1 is 1.04 bits per heavy atom. The monoisotopic (exact) mass is 742 g/mol. The zero-order chi connectivity index (χ0) is 39.0. The van der Waals surface area contributed by atoms with Crippen LogP contribution in [0.5, 0.6) is 0 Å². The number of ether oxygens (including phenoxy) is 6. The Morgan fingerprint density at radius 3 is 2.33 bits per heavy atom. The number of unbranched alkanes of at least 4 members (excludes halogenated alkanes) is 1. The van der Waals surface area contributed by atoms with Crippen LogP contribution >= 0.6 is 0 Å². The van der Waals surface area contributed by atoms with Crippen molar-refractivity contribution in [2.75, 3.05) is 21.0 Å². The van der Waals surface area contributed by atoms with Gasteiger partial charge >= 0.3 is 11.9 Å². The Morgan fingerprint density at radius 2 is 1.73 bits per heavy atom. The molecular formula is C41H62O10Si. The number of carbonyl (C=O) groups excluding carboxylic acids is 3. The number of hydrogen-bond donors (Lipinski definition) is 0. The topological polar surface area (TPSA) is 116 Å². The van der Waals surface area contributed by atoms with E-state index in [-0.39, 0.29) is 18.3 Å². The van der Waals surface area contributed by atoms with Crippen molar-refractivity contribution in [3.63, 3.8) is 0 Å². The fourth-order valence-corrected chi connectivity index (χ4v) is 7.07. The van der Waals surface area contributed by atoms with E-state index in [0.717, 1.165) is 18.4 Å². The summed E-state index contributed by atoms with van der Waals surface area (Å²) in [6.07, 6.45) is 11.4. The van der Waals surface area contributed by atoms with Crippen molar-refractivity contribution in [2.24, 2.45) is 5.41 Å². The molecule has 10 nitrogen and oxygen atoms in total. The van der Waals surface area contributed by atoms with Gasteiger partial charge < -0.3 is 32.8 Å². The molecule has 1 saturated heterocycles. The third-order valence-electron chi connectivity index (χ3n) is 9.75. The Hall–Kier alpha value is -3.19. The van der Waals surface area contributed by atoms with E-state index in [1.807, 2.05) is 57.2 Å². The number of benzene rings is 1. The molecule has 0 radical (unpaired) electrons. The maximum absolute atomic E-state index is 13.3. The second kappa shape index (κ2) is 20.9. The van der Waals surface area contributed by atoms with Gasteiger partial charge in [-0.15, -0.1) is 0 Å². The summed E-state index contributed by atoms with van der Waals surface area (Å²) in [6, 6.07) is 9.86. The number of methoxy groups -OCH3 is 2. The maximum Gasteiger partial charge on any atom is 0.331 e. The molecule has 0 amide bonds. The maximum atomic E-state index is 13.3. The third kappa shape index (κ3) is 13.0. The average Bonchev–Trinajstić information content (AvgIpc) is 3.09. The SMILES string of the molecule is CCC/C=C/C=C/C(=O)O[C@H]1/C(=C/C(=O)OC)C[C@@H](C[C@@H](O[Si](C)(C)C(C)(C)C)[C@@H](C)OCOCc2ccccc2)O[C@@]1(OC)C(C)(C)/C=C/C=O. The van der Waals surface area contributed by atoms with Gasteiger partial charge in [0, 0.05) is 31.1 Å².